The van der Waals surface area contributed by atoms with E-state index < -0.39 is 11.9 Å². The van der Waals surface area contributed by atoms with Crippen LogP contribution in [0.25, 0.3) is 11.5 Å². The van der Waals surface area contributed by atoms with Crippen LogP contribution in [0, 0.1) is 0 Å². The third-order valence-corrected chi connectivity index (χ3v) is 4.03. The summed E-state index contributed by atoms with van der Waals surface area (Å²) in [6.07, 6.45) is -3.42. The maximum atomic E-state index is 12.6. The van der Waals surface area contributed by atoms with E-state index in [-0.39, 0.29) is 10.9 Å². The fourth-order valence-corrected chi connectivity index (χ4v) is 2.82. The maximum Gasteiger partial charge on any atom is 0.433 e. The summed E-state index contributed by atoms with van der Waals surface area (Å²) in [5.74, 6) is 0.962. The van der Waals surface area contributed by atoms with Gasteiger partial charge in [0, 0.05) is 11.6 Å². The molecule has 3 heterocycles. The zero-order valence-corrected chi connectivity index (χ0v) is 12.4. The standard InChI is InChI=1S/C12H7F3N4OS2/c13-12(14,15)8-1-3-16-11(17-8)22-6-9-18-10(20-19-9)7-2-4-21-5-7/h1-5H,6H2. The number of aromatic nitrogens is 4. The second kappa shape index (κ2) is 6.05. The molecule has 0 radical (unpaired) electrons. The van der Waals surface area contributed by atoms with E-state index in [0.29, 0.717) is 11.7 Å². The fourth-order valence-electron chi connectivity index (χ4n) is 1.51. The minimum atomic E-state index is -4.49. The summed E-state index contributed by atoms with van der Waals surface area (Å²) >= 11 is 2.51. The van der Waals surface area contributed by atoms with E-state index in [1.54, 1.807) is 0 Å². The van der Waals surface area contributed by atoms with Crippen LogP contribution in [0.5, 0.6) is 0 Å². The van der Waals surface area contributed by atoms with Crippen LogP contribution in [-0.2, 0) is 11.9 Å². The fraction of sp³-hybridized carbons (Fsp3) is 0.167. The molecule has 0 aromatic carbocycles. The Bertz CT molecular complexity index is 758. The average Bonchev–Trinajstić information content (AvgIpc) is 3.15. The van der Waals surface area contributed by atoms with Crippen molar-refractivity contribution in [2.75, 3.05) is 0 Å². The minimum Gasteiger partial charge on any atom is -0.334 e. The topological polar surface area (TPSA) is 64.7 Å². The number of thiophene rings is 1. The van der Waals surface area contributed by atoms with Crippen LogP contribution in [0.3, 0.4) is 0 Å². The van der Waals surface area contributed by atoms with Gasteiger partial charge in [0.2, 0.25) is 0 Å². The van der Waals surface area contributed by atoms with Gasteiger partial charge in [-0.25, -0.2) is 9.97 Å². The Labute approximate surface area is 130 Å². The summed E-state index contributed by atoms with van der Waals surface area (Å²) in [5.41, 5.74) is -0.166. The monoisotopic (exact) mass is 344 g/mol. The number of thioether (sulfide) groups is 1. The summed E-state index contributed by atoms with van der Waals surface area (Å²) in [7, 11) is 0. The Kier molecular flexibility index (Phi) is 4.12. The Morgan fingerprint density at radius 2 is 2.09 bits per heavy atom. The number of nitrogens with zero attached hydrogens (tertiary/aromatic N) is 4. The molecule has 0 saturated heterocycles. The summed E-state index contributed by atoms with van der Waals surface area (Å²) in [5, 5.41) is 7.53. The quantitative estimate of drug-likeness (QED) is 0.528. The van der Waals surface area contributed by atoms with Crippen LogP contribution in [0.1, 0.15) is 11.5 Å². The molecule has 0 unspecified atom stereocenters. The van der Waals surface area contributed by atoms with Crippen molar-refractivity contribution in [3.05, 3.63) is 40.6 Å². The Hall–Kier alpha value is -1.94. The molecule has 0 aliphatic carbocycles. The number of alkyl halides is 3. The summed E-state index contributed by atoms with van der Waals surface area (Å²) in [4.78, 5) is 11.4. The lowest BCUT2D eigenvalue weighted by Crippen LogP contribution is -2.08. The Morgan fingerprint density at radius 3 is 2.82 bits per heavy atom. The van der Waals surface area contributed by atoms with Crippen LogP contribution in [0.4, 0.5) is 13.2 Å². The third kappa shape index (κ3) is 3.45. The molecule has 3 aromatic heterocycles. The molecule has 0 N–H and O–H groups in total. The van der Waals surface area contributed by atoms with Crippen LogP contribution in [0.2, 0.25) is 0 Å². The molecule has 5 nitrogen and oxygen atoms in total. The van der Waals surface area contributed by atoms with Gasteiger partial charge in [-0.05, 0) is 17.5 Å². The highest BCUT2D eigenvalue weighted by Gasteiger charge is 2.32. The van der Waals surface area contributed by atoms with E-state index in [0.717, 1.165) is 29.6 Å². The number of rotatable bonds is 4. The predicted octanol–water partition coefficient (Wildman–Crippen LogP) is 3.90. The van der Waals surface area contributed by atoms with Crippen molar-refractivity contribution in [3.63, 3.8) is 0 Å². The maximum absolute atomic E-state index is 12.6. The molecular weight excluding hydrogens is 337 g/mol. The smallest absolute Gasteiger partial charge is 0.334 e. The van der Waals surface area contributed by atoms with Crippen LogP contribution in [0.15, 0.2) is 38.8 Å². The van der Waals surface area contributed by atoms with E-state index in [4.69, 9.17) is 4.52 Å². The van der Waals surface area contributed by atoms with Gasteiger partial charge in [-0.3, -0.25) is 0 Å². The summed E-state index contributed by atoms with van der Waals surface area (Å²) < 4.78 is 42.7. The highest BCUT2D eigenvalue weighted by Crippen LogP contribution is 2.29. The molecule has 0 aliphatic rings. The van der Waals surface area contributed by atoms with Crippen molar-refractivity contribution in [2.45, 2.75) is 17.1 Å². The minimum absolute atomic E-state index is 0.0108. The molecule has 0 saturated carbocycles. The van der Waals surface area contributed by atoms with E-state index in [9.17, 15) is 13.2 Å². The van der Waals surface area contributed by atoms with Gasteiger partial charge in [-0.2, -0.15) is 29.5 Å². The second-order valence-electron chi connectivity index (χ2n) is 4.04. The second-order valence-corrected chi connectivity index (χ2v) is 5.76. The van der Waals surface area contributed by atoms with Crippen molar-refractivity contribution < 1.29 is 17.7 Å². The molecule has 0 fully saturated rings. The van der Waals surface area contributed by atoms with E-state index in [1.165, 1.54) is 11.3 Å². The van der Waals surface area contributed by atoms with Gasteiger partial charge >= 0.3 is 6.18 Å². The SMILES string of the molecule is FC(F)(F)c1ccnc(SCc2noc(-c3ccsc3)n2)n1. The van der Waals surface area contributed by atoms with Crippen LogP contribution >= 0.6 is 23.1 Å². The first-order valence-corrected chi connectivity index (χ1v) is 7.83. The van der Waals surface area contributed by atoms with Gasteiger partial charge in [0.1, 0.15) is 5.69 Å². The predicted molar refractivity (Wildman–Crippen MR) is 74.2 cm³/mol. The molecule has 0 amide bonds. The number of halogens is 3. The summed E-state index contributed by atoms with van der Waals surface area (Å²) in [6, 6.07) is 2.66. The molecule has 0 spiro atoms. The molecule has 114 valence electrons. The van der Waals surface area contributed by atoms with E-state index in [1.807, 2.05) is 16.8 Å². The van der Waals surface area contributed by atoms with E-state index >= 15 is 0 Å². The van der Waals surface area contributed by atoms with Crippen molar-refractivity contribution in [1.29, 1.82) is 0 Å². The van der Waals surface area contributed by atoms with Gasteiger partial charge in [0.15, 0.2) is 11.0 Å². The first kappa shape index (κ1) is 15.0. The molecule has 0 atom stereocenters. The molecule has 3 rings (SSSR count). The van der Waals surface area contributed by atoms with Crippen LogP contribution < -0.4 is 0 Å². The summed E-state index contributed by atoms with van der Waals surface area (Å²) in [6.45, 7) is 0. The molecule has 10 heteroatoms. The third-order valence-electron chi connectivity index (χ3n) is 2.49. The van der Waals surface area contributed by atoms with Gasteiger partial charge in [0.05, 0.1) is 11.3 Å². The van der Waals surface area contributed by atoms with Crippen molar-refractivity contribution >= 4 is 23.1 Å². The van der Waals surface area contributed by atoms with Crippen molar-refractivity contribution in [2.24, 2.45) is 0 Å². The number of hydrogen-bond acceptors (Lipinski definition) is 7. The first-order chi connectivity index (χ1) is 10.5. The molecule has 0 bridgehead atoms. The normalized spacial score (nSPS) is 11.8. The first-order valence-electron chi connectivity index (χ1n) is 5.90. The van der Waals surface area contributed by atoms with Crippen molar-refractivity contribution in [3.8, 4) is 11.5 Å². The van der Waals surface area contributed by atoms with Gasteiger partial charge < -0.3 is 4.52 Å². The molecule has 22 heavy (non-hydrogen) atoms. The Balaban J connectivity index is 1.68. The number of hydrogen-bond donors (Lipinski definition) is 0. The van der Waals surface area contributed by atoms with Crippen molar-refractivity contribution in [1.82, 2.24) is 20.1 Å². The van der Waals surface area contributed by atoms with Crippen LogP contribution in [-0.4, -0.2) is 20.1 Å². The lowest BCUT2D eigenvalue weighted by Gasteiger charge is -2.05. The van der Waals surface area contributed by atoms with Gasteiger partial charge in [-0.15, -0.1) is 0 Å². The average molecular weight is 344 g/mol. The highest BCUT2D eigenvalue weighted by atomic mass is 32.2. The molecule has 3 aromatic rings. The Morgan fingerprint density at radius 1 is 1.23 bits per heavy atom. The zero-order valence-electron chi connectivity index (χ0n) is 10.7. The lowest BCUT2D eigenvalue weighted by atomic mass is 10.3. The van der Waals surface area contributed by atoms with Gasteiger partial charge in [-0.1, -0.05) is 16.9 Å². The lowest BCUT2D eigenvalue weighted by molar-refractivity contribution is -0.141. The van der Waals surface area contributed by atoms with Gasteiger partial charge in [0.25, 0.3) is 5.89 Å². The molecule has 0 aliphatic heterocycles. The highest BCUT2D eigenvalue weighted by molar-refractivity contribution is 7.98. The zero-order chi connectivity index (χ0) is 15.6. The largest absolute Gasteiger partial charge is 0.433 e. The van der Waals surface area contributed by atoms with E-state index in [2.05, 4.69) is 20.1 Å². The molecular formula is C12H7F3N4OS2.